The van der Waals surface area contributed by atoms with Crippen LogP contribution in [0.15, 0.2) is 29.1 Å². The largest absolute Gasteiger partial charge is 0.292 e. The molecule has 3 nitrogen and oxygen atoms in total. The SMILES string of the molecule is Cc1cccc(/C=C2\CCn3c2nc2sc(C)c(C)c2c3=O)c1. The van der Waals surface area contributed by atoms with E-state index in [2.05, 4.69) is 44.2 Å². The van der Waals surface area contributed by atoms with Crippen molar-refractivity contribution >= 4 is 33.2 Å². The lowest BCUT2D eigenvalue weighted by atomic mass is 10.1. The maximum absolute atomic E-state index is 12.8. The van der Waals surface area contributed by atoms with Gasteiger partial charge in [0.15, 0.2) is 0 Å². The second kappa shape index (κ2) is 5.17. The highest BCUT2D eigenvalue weighted by Gasteiger charge is 2.23. The van der Waals surface area contributed by atoms with Crippen molar-refractivity contribution in [1.29, 1.82) is 0 Å². The van der Waals surface area contributed by atoms with Crippen LogP contribution in [0.4, 0.5) is 0 Å². The van der Waals surface area contributed by atoms with Gasteiger partial charge in [0, 0.05) is 11.4 Å². The summed E-state index contributed by atoms with van der Waals surface area (Å²) in [5.41, 5.74) is 4.75. The third kappa shape index (κ3) is 2.25. The van der Waals surface area contributed by atoms with Crippen LogP contribution in [0.25, 0.3) is 21.9 Å². The first-order chi connectivity index (χ1) is 11.0. The van der Waals surface area contributed by atoms with Crippen molar-refractivity contribution in [1.82, 2.24) is 9.55 Å². The molecule has 4 rings (SSSR count). The summed E-state index contributed by atoms with van der Waals surface area (Å²) in [4.78, 5) is 19.7. The number of allylic oxidation sites excluding steroid dienone is 1. The van der Waals surface area contributed by atoms with Crippen molar-refractivity contribution in [2.24, 2.45) is 0 Å². The average molecular weight is 322 g/mol. The van der Waals surface area contributed by atoms with E-state index in [1.807, 2.05) is 11.5 Å². The van der Waals surface area contributed by atoms with E-state index in [1.165, 1.54) is 16.0 Å². The molecule has 3 heterocycles. The van der Waals surface area contributed by atoms with Gasteiger partial charge in [0.2, 0.25) is 0 Å². The van der Waals surface area contributed by atoms with E-state index in [4.69, 9.17) is 4.98 Å². The van der Waals surface area contributed by atoms with Crippen molar-refractivity contribution in [2.75, 3.05) is 0 Å². The van der Waals surface area contributed by atoms with Crippen molar-refractivity contribution < 1.29 is 0 Å². The molecule has 0 aliphatic carbocycles. The normalized spacial score (nSPS) is 15.5. The second-order valence-corrected chi connectivity index (χ2v) is 7.39. The molecule has 1 aliphatic rings. The van der Waals surface area contributed by atoms with Crippen LogP contribution in [0.1, 0.15) is 33.8 Å². The molecule has 4 heteroatoms. The van der Waals surface area contributed by atoms with Crippen LogP contribution in [-0.4, -0.2) is 9.55 Å². The number of nitrogens with zero attached hydrogens (tertiary/aromatic N) is 2. The van der Waals surface area contributed by atoms with E-state index in [0.29, 0.717) is 0 Å². The summed E-state index contributed by atoms with van der Waals surface area (Å²) in [6, 6.07) is 8.41. The van der Waals surface area contributed by atoms with Crippen molar-refractivity contribution in [2.45, 2.75) is 33.7 Å². The number of aromatic nitrogens is 2. The van der Waals surface area contributed by atoms with Crippen LogP contribution in [0.2, 0.25) is 0 Å². The monoisotopic (exact) mass is 322 g/mol. The molecule has 2 aromatic heterocycles. The van der Waals surface area contributed by atoms with Gasteiger partial charge in [0.05, 0.1) is 5.39 Å². The Kier molecular flexibility index (Phi) is 3.23. The highest BCUT2D eigenvalue weighted by molar-refractivity contribution is 7.18. The minimum atomic E-state index is 0.111. The number of benzene rings is 1. The zero-order valence-electron chi connectivity index (χ0n) is 13.5. The van der Waals surface area contributed by atoms with Gasteiger partial charge in [0.25, 0.3) is 5.56 Å². The summed E-state index contributed by atoms with van der Waals surface area (Å²) in [6.45, 7) is 6.89. The molecule has 0 radical (unpaired) electrons. The lowest BCUT2D eigenvalue weighted by molar-refractivity contribution is 0.726. The summed E-state index contributed by atoms with van der Waals surface area (Å²) >= 11 is 1.62. The van der Waals surface area contributed by atoms with Crippen molar-refractivity contribution in [3.05, 3.63) is 62.0 Å². The van der Waals surface area contributed by atoms with E-state index < -0.39 is 0 Å². The fourth-order valence-electron chi connectivity index (χ4n) is 3.22. The van der Waals surface area contributed by atoms with Gasteiger partial charge in [-0.25, -0.2) is 4.98 Å². The molecule has 0 saturated carbocycles. The quantitative estimate of drug-likeness (QED) is 0.668. The zero-order chi connectivity index (χ0) is 16.1. The van der Waals surface area contributed by atoms with E-state index in [9.17, 15) is 4.79 Å². The molecule has 0 spiro atoms. The Morgan fingerprint density at radius 2 is 2.09 bits per heavy atom. The lowest BCUT2D eigenvalue weighted by Crippen LogP contribution is -2.20. The summed E-state index contributed by atoms with van der Waals surface area (Å²) in [5.74, 6) is 0.838. The molecule has 0 unspecified atom stereocenters. The van der Waals surface area contributed by atoms with Crippen LogP contribution in [0, 0.1) is 20.8 Å². The standard InChI is InChI=1S/C19H18N2OS/c1-11-5-4-6-14(9-11)10-15-7-8-21-17(15)20-18-16(19(21)22)12(2)13(3)23-18/h4-6,9-10H,7-8H2,1-3H3/b15-10+. The summed E-state index contributed by atoms with van der Waals surface area (Å²) in [7, 11) is 0. The lowest BCUT2D eigenvalue weighted by Gasteiger charge is -2.04. The predicted molar refractivity (Wildman–Crippen MR) is 97.0 cm³/mol. The van der Waals surface area contributed by atoms with Gasteiger partial charge in [0.1, 0.15) is 10.7 Å². The number of thiophene rings is 1. The van der Waals surface area contributed by atoms with Gasteiger partial charge >= 0.3 is 0 Å². The molecule has 0 atom stereocenters. The molecule has 1 aromatic carbocycles. The highest BCUT2D eigenvalue weighted by atomic mass is 32.1. The Bertz CT molecular complexity index is 1020. The molecule has 0 amide bonds. The van der Waals surface area contributed by atoms with Crippen molar-refractivity contribution in [3.63, 3.8) is 0 Å². The first-order valence-electron chi connectivity index (χ1n) is 7.83. The van der Waals surface area contributed by atoms with Gasteiger partial charge in [-0.15, -0.1) is 11.3 Å². The number of rotatable bonds is 1. The van der Waals surface area contributed by atoms with Gasteiger partial charge in [-0.1, -0.05) is 29.8 Å². The maximum Gasteiger partial charge on any atom is 0.262 e. The van der Waals surface area contributed by atoms with Gasteiger partial charge < -0.3 is 0 Å². The van der Waals surface area contributed by atoms with E-state index in [1.54, 1.807) is 11.3 Å². The molecular weight excluding hydrogens is 304 g/mol. The molecule has 116 valence electrons. The van der Waals surface area contributed by atoms with E-state index in [-0.39, 0.29) is 5.56 Å². The predicted octanol–water partition coefficient (Wildman–Crippen LogP) is 4.33. The number of hydrogen-bond acceptors (Lipinski definition) is 3. The molecule has 0 N–H and O–H groups in total. The summed E-state index contributed by atoms with van der Waals surface area (Å²) in [6.07, 6.45) is 3.03. The van der Waals surface area contributed by atoms with Gasteiger partial charge in [-0.2, -0.15) is 0 Å². The first kappa shape index (κ1) is 14.4. The average Bonchev–Trinajstić information content (AvgIpc) is 3.02. The second-order valence-electron chi connectivity index (χ2n) is 6.19. The Morgan fingerprint density at radius 3 is 2.87 bits per heavy atom. The van der Waals surface area contributed by atoms with Crippen LogP contribution >= 0.6 is 11.3 Å². The Hall–Kier alpha value is -2.20. The first-order valence-corrected chi connectivity index (χ1v) is 8.64. The number of hydrogen-bond donors (Lipinski definition) is 0. The molecular formula is C19H18N2OS. The van der Waals surface area contributed by atoms with Crippen LogP contribution < -0.4 is 5.56 Å². The topological polar surface area (TPSA) is 34.9 Å². The van der Waals surface area contributed by atoms with Gasteiger partial charge in [-0.05, 0) is 50.0 Å². The molecule has 23 heavy (non-hydrogen) atoms. The summed E-state index contributed by atoms with van der Waals surface area (Å²) in [5, 5.41) is 0.799. The Labute approximate surface area is 138 Å². The van der Waals surface area contributed by atoms with Crippen LogP contribution in [0.3, 0.4) is 0 Å². The van der Waals surface area contributed by atoms with E-state index >= 15 is 0 Å². The van der Waals surface area contributed by atoms with E-state index in [0.717, 1.165) is 40.1 Å². The minimum absolute atomic E-state index is 0.111. The van der Waals surface area contributed by atoms with Gasteiger partial charge in [-0.3, -0.25) is 9.36 Å². The maximum atomic E-state index is 12.8. The smallest absolute Gasteiger partial charge is 0.262 e. The minimum Gasteiger partial charge on any atom is -0.292 e. The Morgan fingerprint density at radius 1 is 1.26 bits per heavy atom. The molecule has 0 bridgehead atoms. The third-order valence-corrected chi connectivity index (χ3v) is 5.66. The summed E-state index contributed by atoms with van der Waals surface area (Å²) < 4.78 is 1.84. The number of aryl methyl sites for hydroxylation is 3. The fourth-order valence-corrected chi connectivity index (χ4v) is 4.24. The zero-order valence-corrected chi connectivity index (χ0v) is 14.3. The molecule has 1 aliphatic heterocycles. The molecule has 3 aromatic rings. The number of fused-ring (bicyclic) bond motifs is 2. The third-order valence-electron chi connectivity index (χ3n) is 4.56. The fraction of sp³-hybridized carbons (Fsp3) is 0.263. The Balaban J connectivity index is 1.92. The highest BCUT2D eigenvalue weighted by Crippen LogP contribution is 2.31. The van der Waals surface area contributed by atoms with Crippen molar-refractivity contribution in [3.8, 4) is 0 Å². The molecule has 0 saturated heterocycles. The van der Waals surface area contributed by atoms with Crippen LogP contribution in [0.5, 0.6) is 0 Å². The van der Waals surface area contributed by atoms with Crippen LogP contribution in [-0.2, 0) is 6.54 Å². The molecule has 0 fully saturated rings.